The number of esters is 1. The van der Waals surface area contributed by atoms with Gasteiger partial charge in [-0.1, -0.05) is 0 Å². The molecule has 0 saturated heterocycles. The molecule has 0 bridgehead atoms. The quantitative estimate of drug-likeness (QED) is 0.651. The van der Waals surface area contributed by atoms with Crippen molar-refractivity contribution in [2.45, 2.75) is 13.3 Å². The molecule has 0 saturated carbocycles. The summed E-state index contributed by atoms with van der Waals surface area (Å²) in [5, 5.41) is 2.02. The van der Waals surface area contributed by atoms with Crippen molar-refractivity contribution in [3.8, 4) is 0 Å². The van der Waals surface area contributed by atoms with Crippen LogP contribution < -0.4 is 5.32 Å². The van der Waals surface area contributed by atoms with Gasteiger partial charge in [-0.2, -0.15) is 0 Å². The molecule has 0 atom stereocenters. The van der Waals surface area contributed by atoms with Crippen molar-refractivity contribution < 1.29 is 23.9 Å². The standard InChI is InChI=1S/C10H18N2O5/c1-4-17-9(14)5-6-12(2)7-8(13)11-10(15)16-3/h4-7H2,1-3H3,(H,11,13,15). The van der Waals surface area contributed by atoms with Crippen molar-refractivity contribution in [3.05, 3.63) is 0 Å². The van der Waals surface area contributed by atoms with E-state index in [1.165, 1.54) is 7.11 Å². The lowest BCUT2D eigenvalue weighted by molar-refractivity contribution is -0.143. The molecular weight excluding hydrogens is 228 g/mol. The van der Waals surface area contributed by atoms with E-state index in [9.17, 15) is 14.4 Å². The highest BCUT2D eigenvalue weighted by atomic mass is 16.5. The Labute approximate surface area is 100 Å². The molecular formula is C10H18N2O5. The summed E-state index contributed by atoms with van der Waals surface area (Å²) in [6.45, 7) is 2.46. The highest BCUT2D eigenvalue weighted by Gasteiger charge is 2.11. The first-order valence-electron chi connectivity index (χ1n) is 5.21. The molecule has 0 aromatic carbocycles. The monoisotopic (exact) mass is 246 g/mol. The number of methoxy groups -OCH3 is 1. The first-order chi connectivity index (χ1) is 7.99. The Balaban J connectivity index is 3.78. The minimum absolute atomic E-state index is 0.00844. The molecule has 0 aliphatic heterocycles. The fourth-order valence-electron chi connectivity index (χ4n) is 1.04. The molecule has 98 valence electrons. The zero-order valence-corrected chi connectivity index (χ0v) is 10.3. The van der Waals surface area contributed by atoms with Crippen LogP contribution in [0.15, 0.2) is 0 Å². The molecule has 0 unspecified atom stereocenters. The number of nitrogens with one attached hydrogen (secondary N) is 1. The average Bonchev–Trinajstić information content (AvgIpc) is 2.26. The lowest BCUT2D eigenvalue weighted by Crippen LogP contribution is -2.39. The minimum atomic E-state index is -0.797. The summed E-state index contributed by atoms with van der Waals surface area (Å²) in [5.74, 6) is -0.795. The summed E-state index contributed by atoms with van der Waals surface area (Å²) in [6.07, 6.45) is -0.593. The molecule has 0 heterocycles. The van der Waals surface area contributed by atoms with Gasteiger partial charge in [0.15, 0.2) is 0 Å². The fraction of sp³-hybridized carbons (Fsp3) is 0.700. The lowest BCUT2D eigenvalue weighted by atomic mass is 10.4. The number of carbonyl (C=O) groups excluding carboxylic acids is 3. The number of ether oxygens (including phenoxy) is 2. The smallest absolute Gasteiger partial charge is 0.413 e. The predicted molar refractivity (Wildman–Crippen MR) is 59.3 cm³/mol. The first-order valence-corrected chi connectivity index (χ1v) is 5.21. The Kier molecular flexibility index (Phi) is 7.70. The number of likely N-dealkylation sites (N-methyl/N-ethyl adjacent to an activating group) is 1. The van der Waals surface area contributed by atoms with Crippen molar-refractivity contribution in [2.75, 3.05) is 33.9 Å². The highest BCUT2D eigenvalue weighted by molar-refractivity contribution is 5.92. The van der Waals surface area contributed by atoms with Gasteiger partial charge < -0.3 is 9.47 Å². The maximum atomic E-state index is 11.2. The molecule has 17 heavy (non-hydrogen) atoms. The lowest BCUT2D eigenvalue weighted by Gasteiger charge is -2.14. The van der Waals surface area contributed by atoms with Crippen molar-refractivity contribution in [1.29, 1.82) is 0 Å². The molecule has 0 aliphatic carbocycles. The Morgan fingerprint density at radius 3 is 2.47 bits per heavy atom. The highest BCUT2D eigenvalue weighted by Crippen LogP contribution is 1.91. The van der Waals surface area contributed by atoms with Gasteiger partial charge in [0.25, 0.3) is 0 Å². The summed E-state index contributed by atoms with van der Waals surface area (Å²) in [6, 6.07) is 0. The van der Waals surface area contributed by atoms with Gasteiger partial charge >= 0.3 is 12.1 Å². The maximum Gasteiger partial charge on any atom is 0.413 e. The van der Waals surface area contributed by atoms with Gasteiger partial charge in [-0.15, -0.1) is 0 Å². The Bertz CT molecular complexity index is 280. The molecule has 0 aromatic heterocycles. The predicted octanol–water partition coefficient (Wildman–Crippen LogP) is -0.246. The largest absolute Gasteiger partial charge is 0.466 e. The van der Waals surface area contributed by atoms with Gasteiger partial charge in [0.2, 0.25) is 5.91 Å². The summed E-state index contributed by atoms with van der Waals surface area (Å²) >= 11 is 0. The van der Waals surface area contributed by atoms with Crippen LogP contribution in [0.5, 0.6) is 0 Å². The summed E-state index contributed by atoms with van der Waals surface area (Å²) in [4.78, 5) is 34.6. The van der Waals surface area contributed by atoms with Crippen LogP contribution in [0.4, 0.5) is 4.79 Å². The number of hydrogen-bond acceptors (Lipinski definition) is 6. The van der Waals surface area contributed by atoms with Gasteiger partial charge in [-0.05, 0) is 14.0 Å². The molecule has 0 fully saturated rings. The second kappa shape index (κ2) is 8.51. The third-order valence-electron chi connectivity index (χ3n) is 1.84. The average molecular weight is 246 g/mol. The van der Waals surface area contributed by atoms with Crippen molar-refractivity contribution in [1.82, 2.24) is 10.2 Å². The van der Waals surface area contributed by atoms with E-state index in [2.05, 4.69) is 4.74 Å². The molecule has 0 radical (unpaired) electrons. The number of amides is 2. The summed E-state index contributed by atoms with van der Waals surface area (Å²) in [7, 11) is 2.84. The van der Waals surface area contributed by atoms with Crippen LogP contribution in [0.25, 0.3) is 0 Å². The normalized spacial score (nSPS) is 9.88. The first kappa shape index (κ1) is 15.4. The topological polar surface area (TPSA) is 84.9 Å². The van der Waals surface area contributed by atoms with E-state index < -0.39 is 12.0 Å². The van der Waals surface area contributed by atoms with Crippen LogP contribution >= 0.6 is 0 Å². The molecule has 0 rings (SSSR count). The molecule has 7 heteroatoms. The van der Waals surface area contributed by atoms with Crippen LogP contribution in [-0.4, -0.2) is 56.7 Å². The SMILES string of the molecule is CCOC(=O)CCN(C)CC(=O)NC(=O)OC. The van der Waals surface area contributed by atoms with E-state index in [-0.39, 0.29) is 18.9 Å². The number of rotatable bonds is 6. The zero-order valence-electron chi connectivity index (χ0n) is 10.3. The van der Waals surface area contributed by atoms with E-state index in [1.54, 1.807) is 18.9 Å². The number of nitrogens with zero attached hydrogens (tertiary/aromatic N) is 1. The molecule has 0 spiro atoms. The molecule has 7 nitrogen and oxygen atoms in total. The Morgan fingerprint density at radius 1 is 1.29 bits per heavy atom. The minimum Gasteiger partial charge on any atom is -0.466 e. The Hall–Kier alpha value is -1.63. The van der Waals surface area contributed by atoms with E-state index in [0.717, 1.165) is 0 Å². The Morgan fingerprint density at radius 2 is 1.94 bits per heavy atom. The van der Waals surface area contributed by atoms with Crippen LogP contribution in [-0.2, 0) is 19.1 Å². The number of alkyl carbamates (subject to hydrolysis) is 1. The van der Waals surface area contributed by atoms with E-state index in [1.807, 2.05) is 5.32 Å². The van der Waals surface area contributed by atoms with E-state index in [4.69, 9.17) is 4.74 Å². The van der Waals surface area contributed by atoms with Crippen LogP contribution in [0.3, 0.4) is 0 Å². The summed E-state index contributed by atoms with van der Waals surface area (Å²) in [5.41, 5.74) is 0. The van der Waals surface area contributed by atoms with E-state index >= 15 is 0 Å². The van der Waals surface area contributed by atoms with Gasteiger partial charge in [0, 0.05) is 6.54 Å². The van der Waals surface area contributed by atoms with E-state index in [0.29, 0.717) is 13.2 Å². The second-order valence-electron chi connectivity index (χ2n) is 3.33. The van der Waals surface area contributed by atoms with Crippen molar-refractivity contribution in [3.63, 3.8) is 0 Å². The van der Waals surface area contributed by atoms with Gasteiger partial charge in [-0.3, -0.25) is 19.8 Å². The van der Waals surface area contributed by atoms with Gasteiger partial charge in [-0.25, -0.2) is 4.79 Å². The second-order valence-corrected chi connectivity index (χ2v) is 3.33. The molecule has 2 amide bonds. The zero-order chi connectivity index (χ0) is 13.3. The van der Waals surface area contributed by atoms with Crippen molar-refractivity contribution in [2.24, 2.45) is 0 Å². The number of imide groups is 1. The van der Waals surface area contributed by atoms with Crippen LogP contribution in [0.1, 0.15) is 13.3 Å². The van der Waals surface area contributed by atoms with Crippen LogP contribution in [0, 0.1) is 0 Å². The molecule has 0 aromatic rings. The fourth-order valence-corrected chi connectivity index (χ4v) is 1.04. The number of carbonyl (C=O) groups is 3. The number of hydrogen-bond donors (Lipinski definition) is 1. The van der Waals surface area contributed by atoms with Gasteiger partial charge in [0.05, 0.1) is 26.7 Å². The van der Waals surface area contributed by atoms with Crippen LogP contribution in [0.2, 0.25) is 0 Å². The maximum absolute atomic E-state index is 11.2. The third-order valence-corrected chi connectivity index (χ3v) is 1.84. The van der Waals surface area contributed by atoms with Crippen molar-refractivity contribution >= 4 is 18.0 Å². The third kappa shape index (κ3) is 8.21. The molecule has 1 N–H and O–H groups in total. The summed E-state index contributed by atoms with van der Waals surface area (Å²) < 4.78 is 9.01. The van der Waals surface area contributed by atoms with Gasteiger partial charge in [0.1, 0.15) is 0 Å². The molecule has 0 aliphatic rings.